The molecule has 0 radical (unpaired) electrons. The molecule has 0 amide bonds. The number of hydrogen-bond acceptors (Lipinski definition) is 5. The number of benzene rings is 2. The lowest BCUT2D eigenvalue weighted by Crippen LogP contribution is -2.37. The minimum Gasteiger partial charge on any atom is -0.393 e. The van der Waals surface area contributed by atoms with Gasteiger partial charge in [0.2, 0.25) is 6.04 Å². The molecular formula is C18H13ClFN3O2S. The zero-order valence-corrected chi connectivity index (χ0v) is 14.9. The van der Waals surface area contributed by atoms with Crippen molar-refractivity contribution in [2.45, 2.75) is 17.2 Å². The van der Waals surface area contributed by atoms with Gasteiger partial charge in [-0.2, -0.15) is 5.26 Å². The molecule has 0 spiro atoms. The standard InChI is InChI=1S/C18H13ClFN3O2S/c19-14-4-2-1-3-12(14)15-13(9-21)18(22)26-17(16(15)23(24)25)10-5-7-11(20)8-6-10/h1-8,15-17H,22H2/t15-,16+,17-/m1/s1. The van der Waals surface area contributed by atoms with Gasteiger partial charge in [-0.1, -0.05) is 53.7 Å². The Morgan fingerprint density at radius 3 is 2.46 bits per heavy atom. The third kappa shape index (κ3) is 3.26. The second kappa shape index (κ2) is 7.36. The minimum absolute atomic E-state index is 0.128. The molecule has 0 saturated carbocycles. The summed E-state index contributed by atoms with van der Waals surface area (Å²) >= 11 is 7.31. The minimum atomic E-state index is -1.17. The first-order chi connectivity index (χ1) is 12.4. The molecule has 5 nitrogen and oxygen atoms in total. The van der Waals surface area contributed by atoms with Crippen LogP contribution in [0.1, 0.15) is 22.3 Å². The van der Waals surface area contributed by atoms with Crippen LogP contribution in [-0.4, -0.2) is 11.0 Å². The molecule has 0 fully saturated rings. The van der Waals surface area contributed by atoms with Gasteiger partial charge in [-0.3, -0.25) is 10.1 Å². The highest BCUT2D eigenvalue weighted by atomic mass is 35.5. The van der Waals surface area contributed by atoms with Gasteiger partial charge < -0.3 is 5.73 Å². The van der Waals surface area contributed by atoms with E-state index in [1.807, 2.05) is 6.07 Å². The van der Waals surface area contributed by atoms with Crippen LogP contribution in [0.3, 0.4) is 0 Å². The maximum absolute atomic E-state index is 13.3. The van der Waals surface area contributed by atoms with Crippen LogP contribution in [0.25, 0.3) is 0 Å². The molecule has 0 aliphatic carbocycles. The molecule has 1 heterocycles. The highest BCUT2D eigenvalue weighted by molar-refractivity contribution is 8.03. The normalized spacial score (nSPS) is 22.7. The van der Waals surface area contributed by atoms with Gasteiger partial charge in [0.25, 0.3) is 0 Å². The lowest BCUT2D eigenvalue weighted by molar-refractivity contribution is -0.525. The van der Waals surface area contributed by atoms with Gasteiger partial charge in [-0.25, -0.2) is 4.39 Å². The van der Waals surface area contributed by atoms with E-state index in [1.54, 1.807) is 24.3 Å². The van der Waals surface area contributed by atoms with E-state index in [-0.39, 0.29) is 10.6 Å². The van der Waals surface area contributed by atoms with Gasteiger partial charge in [0, 0.05) is 9.95 Å². The number of thioether (sulfide) groups is 1. The SMILES string of the molecule is N#CC1=C(N)S[C@H](c2ccc(F)cc2)[C@@H]([N+](=O)[O-])[C@@H]1c1ccccc1Cl. The first-order valence-corrected chi connectivity index (χ1v) is 8.89. The number of hydrogen-bond donors (Lipinski definition) is 1. The molecule has 3 rings (SSSR count). The lowest BCUT2D eigenvalue weighted by atomic mass is 9.82. The van der Waals surface area contributed by atoms with E-state index in [0.717, 1.165) is 11.8 Å². The van der Waals surface area contributed by atoms with Crippen LogP contribution < -0.4 is 5.73 Å². The Kier molecular flexibility index (Phi) is 5.16. The Hall–Kier alpha value is -2.56. The zero-order chi connectivity index (χ0) is 18.8. The molecule has 0 bridgehead atoms. The van der Waals surface area contributed by atoms with Crippen molar-refractivity contribution in [3.05, 3.63) is 91.2 Å². The Bertz CT molecular complexity index is 927. The summed E-state index contributed by atoms with van der Waals surface area (Å²) in [6, 6.07) is 13.0. The molecule has 8 heteroatoms. The van der Waals surface area contributed by atoms with Gasteiger partial charge >= 0.3 is 0 Å². The van der Waals surface area contributed by atoms with E-state index in [2.05, 4.69) is 0 Å². The summed E-state index contributed by atoms with van der Waals surface area (Å²) < 4.78 is 13.3. The van der Waals surface area contributed by atoms with E-state index in [9.17, 15) is 19.8 Å². The van der Waals surface area contributed by atoms with Gasteiger partial charge in [-0.05, 0) is 29.3 Å². The summed E-state index contributed by atoms with van der Waals surface area (Å²) in [6.07, 6.45) is 0. The quantitative estimate of drug-likeness (QED) is 0.620. The van der Waals surface area contributed by atoms with Crippen molar-refractivity contribution in [3.8, 4) is 6.07 Å². The Balaban J connectivity index is 2.20. The fraction of sp³-hybridized carbons (Fsp3) is 0.167. The summed E-state index contributed by atoms with van der Waals surface area (Å²) in [4.78, 5) is 11.6. The van der Waals surface area contributed by atoms with Crippen LogP contribution in [0.2, 0.25) is 5.02 Å². The van der Waals surface area contributed by atoms with Crippen molar-refractivity contribution in [2.24, 2.45) is 5.73 Å². The first-order valence-electron chi connectivity index (χ1n) is 7.63. The molecular weight excluding hydrogens is 377 g/mol. The maximum Gasteiger partial charge on any atom is 0.240 e. The number of nitrogens with zero attached hydrogens (tertiary/aromatic N) is 2. The Morgan fingerprint density at radius 2 is 1.88 bits per heavy atom. The molecule has 1 aliphatic heterocycles. The van der Waals surface area contributed by atoms with Crippen LogP contribution in [0.15, 0.2) is 59.1 Å². The van der Waals surface area contributed by atoms with Crippen molar-refractivity contribution >= 4 is 23.4 Å². The molecule has 3 atom stereocenters. The van der Waals surface area contributed by atoms with Crippen molar-refractivity contribution in [1.29, 1.82) is 5.26 Å². The molecule has 2 aromatic carbocycles. The average molecular weight is 390 g/mol. The molecule has 2 aromatic rings. The molecule has 2 N–H and O–H groups in total. The van der Waals surface area contributed by atoms with Gasteiger partial charge in [0.05, 0.1) is 22.6 Å². The summed E-state index contributed by atoms with van der Waals surface area (Å²) in [7, 11) is 0. The molecule has 0 saturated heterocycles. The van der Waals surface area contributed by atoms with Crippen molar-refractivity contribution in [3.63, 3.8) is 0 Å². The third-order valence-corrected chi connectivity index (χ3v) is 5.91. The monoisotopic (exact) mass is 389 g/mol. The summed E-state index contributed by atoms with van der Waals surface area (Å²) in [5.74, 6) is -1.32. The number of rotatable bonds is 3. The highest BCUT2D eigenvalue weighted by Gasteiger charge is 2.48. The average Bonchev–Trinajstić information content (AvgIpc) is 2.61. The molecule has 132 valence electrons. The second-order valence-corrected chi connectivity index (χ2v) is 7.35. The first kappa shape index (κ1) is 18.2. The molecule has 1 aliphatic rings. The lowest BCUT2D eigenvalue weighted by Gasteiger charge is -2.32. The van der Waals surface area contributed by atoms with E-state index in [0.29, 0.717) is 16.1 Å². The fourth-order valence-corrected chi connectivity index (χ4v) is 4.63. The summed E-state index contributed by atoms with van der Waals surface area (Å²) in [6.45, 7) is 0. The van der Waals surface area contributed by atoms with Crippen LogP contribution >= 0.6 is 23.4 Å². The predicted molar refractivity (Wildman–Crippen MR) is 98.5 cm³/mol. The van der Waals surface area contributed by atoms with E-state index >= 15 is 0 Å². The van der Waals surface area contributed by atoms with Gasteiger partial charge in [0.1, 0.15) is 11.1 Å². The van der Waals surface area contributed by atoms with Crippen molar-refractivity contribution in [1.82, 2.24) is 0 Å². The molecule has 26 heavy (non-hydrogen) atoms. The van der Waals surface area contributed by atoms with Crippen molar-refractivity contribution in [2.75, 3.05) is 0 Å². The van der Waals surface area contributed by atoms with Crippen LogP contribution in [0.4, 0.5) is 4.39 Å². The second-order valence-electron chi connectivity index (χ2n) is 5.75. The predicted octanol–water partition coefficient (Wildman–Crippen LogP) is 4.39. The van der Waals surface area contributed by atoms with E-state index < -0.39 is 28.0 Å². The smallest absolute Gasteiger partial charge is 0.240 e. The largest absolute Gasteiger partial charge is 0.393 e. The van der Waals surface area contributed by atoms with Crippen LogP contribution in [0, 0.1) is 27.3 Å². The zero-order valence-electron chi connectivity index (χ0n) is 13.3. The number of nitriles is 1. The maximum atomic E-state index is 13.3. The summed E-state index contributed by atoms with van der Waals surface area (Å²) in [5, 5.41) is 21.4. The van der Waals surface area contributed by atoms with E-state index in [4.69, 9.17) is 17.3 Å². The highest BCUT2D eigenvalue weighted by Crippen LogP contribution is 2.51. The number of nitro groups is 1. The summed E-state index contributed by atoms with van der Waals surface area (Å²) in [5.41, 5.74) is 7.24. The third-order valence-electron chi connectivity index (χ3n) is 4.28. The topological polar surface area (TPSA) is 93.0 Å². The Morgan fingerprint density at radius 1 is 1.23 bits per heavy atom. The number of nitrogens with two attached hydrogens (primary N) is 1. The van der Waals surface area contributed by atoms with Crippen LogP contribution in [0.5, 0.6) is 0 Å². The van der Waals surface area contributed by atoms with Gasteiger partial charge in [-0.15, -0.1) is 0 Å². The van der Waals surface area contributed by atoms with Crippen LogP contribution in [-0.2, 0) is 0 Å². The molecule has 0 unspecified atom stereocenters. The Labute approximate surface area is 158 Å². The van der Waals surface area contributed by atoms with Crippen molar-refractivity contribution < 1.29 is 9.31 Å². The fourth-order valence-electron chi connectivity index (χ4n) is 3.11. The molecule has 0 aromatic heterocycles. The van der Waals surface area contributed by atoms with Gasteiger partial charge in [0.15, 0.2) is 0 Å². The number of halogens is 2. The van der Waals surface area contributed by atoms with E-state index in [1.165, 1.54) is 24.3 Å².